The maximum atomic E-state index is 12.1. The molecule has 0 aromatic heterocycles. The first-order valence-electron chi connectivity index (χ1n) is 6.29. The zero-order valence-corrected chi connectivity index (χ0v) is 12.2. The summed E-state index contributed by atoms with van der Waals surface area (Å²) in [5, 5.41) is 5.84. The molecule has 0 aromatic carbocycles. The molecule has 106 valence electrons. The molecular formula is C12H24ClN3O2. The van der Waals surface area contributed by atoms with Crippen molar-refractivity contribution in [3.63, 3.8) is 0 Å². The van der Waals surface area contributed by atoms with Crippen molar-refractivity contribution in [2.75, 3.05) is 26.7 Å². The minimum atomic E-state index is -0.300. The summed E-state index contributed by atoms with van der Waals surface area (Å²) in [5.74, 6) is 0.227. The molecule has 1 rings (SSSR count). The Morgan fingerprint density at radius 3 is 2.78 bits per heavy atom. The van der Waals surface area contributed by atoms with E-state index in [0.29, 0.717) is 19.5 Å². The van der Waals surface area contributed by atoms with Crippen molar-refractivity contribution in [3.8, 4) is 0 Å². The second-order valence-corrected chi connectivity index (χ2v) is 4.77. The number of piperazine rings is 1. The van der Waals surface area contributed by atoms with E-state index >= 15 is 0 Å². The van der Waals surface area contributed by atoms with Crippen molar-refractivity contribution in [3.05, 3.63) is 0 Å². The largest absolute Gasteiger partial charge is 0.353 e. The van der Waals surface area contributed by atoms with Gasteiger partial charge in [0.15, 0.2) is 0 Å². The highest BCUT2D eigenvalue weighted by atomic mass is 35.5. The van der Waals surface area contributed by atoms with Gasteiger partial charge < -0.3 is 15.5 Å². The standard InChI is InChI=1S/C12H23N3O2.ClH/c1-9(2)11-12(17)14-7-8-15(11)10(16)5-4-6-13-3;/h9,11,13H,4-8H2,1-3H3,(H,14,17);1H. The fourth-order valence-corrected chi connectivity index (χ4v) is 2.19. The third-order valence-electron chi connectivity index (χ3n) is 3.03. The number of nitrogens with one attached hydrogen (secondary N) is 2. The van der Waals surface area contributed by atoms with Gasteiger partial charge in [0.25, 0.3) is 0 Å². The number of hydrogen-bond donors (Lipinski definition) is 2. The smallest absolute Gasteiger partial charge is 0.243 e. The number of carbonyl (C=O) groups is 2. The van der Waals surface area contributed by atoms with Crippen LogP contribution in [0.2, 0.25) is 0 Å². The van der Waals surface area contributed by atoms with Crippen LogP contribution in [0, 0.1) is 5.92 Å². The Morgan fingerprint density at radius 2 is 2.22 bits per heavy atom. The predicted octanol–water partition coefficient (Wildman–Crippen LogP) is 0.391. The second kappa shape index (κ2) is 8.32. The van der Waals surface area contributed by atoms with E-state index in [4.69, 9.17) is 0 Å². The van der Waals surface area contributed by atoms with Gasteiger partial charge in [-0.1, -0.05) is 13.8 Å². The lowest BCUT2D eigenvalue weighted by molar-refractivity contribution is -0.145. The molecule has 1 unspecified atom stereocenters. The molecular weight excluding hydrogens is 254 g/mol. The number of carbonyl (C=O) groups excluding carboxylic acids is 2. The molecule has 5 nitrogen and oxygen atoms in total. The quantitative estimate of drug-likeness (QED) is 0.715. The fourth-order valence-electron chi connectivity index (χ4n) is 2.19. The topological polar surface area (TPSA) is 61.4 Å². The van der Waals surface area contributed by atoms with Crippen LogP contribution < -0.4 is 10.6 Å². The molecule has 6 heteroatoms. The third kappa shape index (κ3) is 4.46. The van der Waals surface area contributed by atoms with E-state index in [1.165, 1.54) is 0 Å². The zero-order chi connectivity index (χ0) is 12.8. The van der Waals surface area contributed by atoms with Gasteiger partial charge in [-0.05, 0) is 25.9 Å². The van der Waals surface area contributed by atoms with Crippen molar-refractivity contribution in [2.45, 2.75) is 32.7 Å². The Labute approximate surface area is 115 Å². The van der Waals surface area contributed by atoms with Gasteiger partial charge in [0.2, 0.25) is 11.8 Å². The summed E-state index contributed by atoms with van der Waals surface area (Å²) in [5.41, 5.74) is 0. The summed E-state index contributed by atoms with van der Waals surface area (Å²) in [6, 6.07) is -0.300. The van der Waals surface area contributed by atoms with Crippen LogP contribution in [-0.4, -0.2) is 49.4 Å². The van der Waals surface area contributed by atoms with Gasteiger partial charge >= 0.3 is 0 Å². The Morgan fingerprint density at radius 1 is 1.56 bits per heavy atom. The van der Waals surface area contributed by atoms with E-state index in [1.807, 2.05) is 20.9 Å². The average Bonchev–Trinajstić information content (AvgIpc) is 2.28. The predicted molar refractivity (Wildman–Crippen MR) is 73.8 cm³/mol. The number of amides is 2. The molecule has 1 aliphatic heterocycles. The Kier molecular flexibility index (Phi) is 7.95. The minimum absolute atomic E-state index is 0. The van der Waals surface area contributed by atoms with Gasteiger partial charge in [0, 0.05) is 19.5 Å². The molecule has 2 amide bonds. The van der Waals surface area contributed by atoms with E-state index < -0.39 is 0 Å². The van der Waals surface area contributed by atoms with Crippen LogP contribution in [0.4, 0.5) is 0 Å². The number of halogens is 1. The second-order valence-electron chi connectivity index (χ2n) is 4.77. The molecule has 1 heterocycles. The van der Waals surface area contributed by atoms with Crippen LogP contribution >= 0.6 is 12.4 Å². The van der Waals surface area contributed by atoms with E-state index in [2.05, 4.69) is 10.6 Å². The van der Waals surface area contributed by atoms with E-state index in [1.54, 1.807) is 4.90 Å². The Bertz CT molecular complexity index is 284. The summed E-state index contributed by atoms with van der Waals surface area (Å²) in [7, 11) is 1.87. The molecule has 1 atom stereocenters. The molecule has 1 aliphatic rings. The van der Waals surface area contributed by atoms with Gasteiger partial charge in [-0.2, -0.15) is 0 Å². The number of hydrogen-bond acceptors (Lipinski definition) is 3. The van der Waals surface area contributed by atoms with Crippen LogP contribution in [0.5, 0.6) is 0 Å². The van der Waals surface area contributed by atoms with Crippen LogP contribution in [0.25, 0.3) is 0 Å². The molecule has 0 saturated carbocycles. The van der Waals surface area contributed by atoms with Crippen LogP contribution in [-0.2, 0) is 9.59 Å². The highest BCUT2D eigenvalue weighted by Crippen LogP contribution is 2.15. The first kappa shape index (κ1) is 17.2. The molecule has 0 bridgehead atoms. The van der Waals surface area contributed by atoms with E-state index in [9.17, 15) is 9.59 Å². The highest BCUT2D eigenvalue weighted by molar-refractivity contribution is 5.89. The minimum Gasteiger partial charge on any atom is -0.353 e. The van der Waals surface area contributed by atoms with Gasteiger partial charge in [-0.3, -0.25) is 9.59 Å². The lowest BCUT2D eigenvalue weighted by Gasteiger charge is -2.37. The maximum Gasteiger partial charge on any atom is 0.243 e. The number of nitrogens with zero attached hydrogens (tertiary/aromatic N) is 1. The molecule has 2 N–H and O–H groups in total. The van der Waals surface area contributed by atoms with Crippen LogP contribution in [0.15, 0.2) is 0 Å². The third-order valence-corrected chi connectivity index (χ3v) is 3.03. The normalized spacial score (nSPS) is 19.4. The molecule has 0 aliphatic carbocycles. The molecule has 0 spiro atoms. The van der Waals surface area contributed by atoms with Gasteiger partial charge in [0.1, 0.15) is 6.04 Å². The summed E-state index contributed by atoms with van der Waals surface area (Å²) in [6.45, 7) is 5.98. The SMILES string of the molecule is CNCCCC(=O)N1CCNC(=O)C1C(C)C.Cl. The van der Waals surface area contributed by atoms with Crippen molar-refractivity contribution < 1.29 is 9.59 Å². The van der Waals surface area contributed by atoms with Crippen LogP contribution in [0.3, 0.4) is 0 Å². The first-order valence-corrected chi connectivity index (χ1v) is 6.29. The monoisotopic (exact) mass is 277 g/mol. The lowest BCUT2D eigenvalue weighted by Crippen LogP contribution is -2.59. The fraction of sp³-hybridized carbons (Fsp3) is 0.833. The molecule has 0 radical (unpaired) electrons. The molecule has 0 aromatic rings. The average molecular weight is 278 g/mol. The van der Waals surface area contributed by atoms with Gasteiger partial charge in [0.05, 0.1) is 0 Å². The molecule has 1 saturated heterocycles. The highest BCUT2D eigenvalue weighted by Gasteiger charge is 2.34. The molecule has 18 heavy (non-hydrogen) atoms. The maximum absolute atomic E-state index is 12.1. The Balaban J connectivity index is 0.00000289. The summed E-state index contributed by atoms with van der Waals surface area (Å²) in [4.78, 5) is 25.5. The molecule has 1 fully saturated rings. The summed E-state index contributed by atoms with van der Waals surface area (Å²) in [6.07, 6.45) is 1.33. The number of rotatable bonds is 5. The van der Waals surface area contributed by atoms with Crippen molar-refractivity contribution >= 4 is 24.2 Å². The van der Waals surface area contributed by atoms with Gasteiger partial charge in [-0.15, -0.1) is 12.4 Å². The van der Waals surface area contributed by atoms with Crippen LogP contribution in [0.1, 0.15) is 26.7 Å². The van der Waals surface area contributed by atoms with E-state index in [0.717, 1.165) is 13.0 Å². The Hall–Kier alpha value is -0.810. The zero-order valence-electron chi connectivity index (χ0n) is 11.4. The van der Waals surface area contributed by atoms with Gasteiger partial charge in [-0.25, -0.2) is 0 Å². The van der Waals surface area contributed by atoms with Crippen molar-refractivity contribution in [1.82, 2.24) is 15.5 Å². The summed E-state index contributed by atoms with van der Waals surface area (Å²) >= 11 is 0. The van der Waals surface area contributed by atoms with Crippen molar-refractivity contribution in [2.24, 2.45) is 5.92 Å². The first-order chi connectivity index (χ1) is 8.07. The lowest BCUT2D eigenvalue weighted by atomic mass is 9.99. The van der Waals surface area contributed by atoms with E-state index in [-0.39, 0.29) is 36.2 Å². The summed E-state index contributed by atoms with van der Waals surface area (Å²) < 4.78 is 0. The van der Waals surface area contributed by atoms with Crippen molar-refractivity contribution in [1.29, 1.82) is 0 Å².